The number of hydrogen-bond acceptors (Lipinski definition) is 2. The summed E-state index contributed by atoms with van der Waals surface area (Å²) in [5.74, 6) is -0.816. The van der Waals surface area contributed by atoms with Crippen molar-refractivity contribution >= 4 is 5.91 Å². The first kappa shape index (κ1) is 28.1. The Morgan fingerprint density at radius 1 is 0.800 bits per heavy atom. The number of carbonyl (C=O) groups is 1. The Hall–Kier alpha value is -3.40. The molecule has 3 aromatic carbocycles. The predicted octanol–water partition coefficient (Wildman–Crippen LogP) is 7.13. The van der Waals surface area contributed by atoms with Gasteiger partial charge in [0.2, 0.25) is 5.91 Å². The second-order valence-corrected chi connectivity index (χ2v) is 10.6. The lowest BCUT2D eigenvalue weighted by molar-refractivity contribution is -0.143. The normalized spacial score (nSPS) is 21.9. The van der Waals surface area contributed by atoms with Gasteiger partial charge in [-0.2, -0.15) is 26.3 Å². The van der Waals surface area contributed by atoms with Crippen LogP contribution in [0.2, 0.25) is 0 Å². The van der Waals surface area contributed by atoms with Crippen LogP contribution in [0.3, 0.4) is 0 Å². The SMILES string of the molecule is O=C(Cc1cc(C(F)(F)F)cc(C(F)(F)F)c1)N1CCC2CN(Cc3ccccc3)C[C@H]2C1c1ccc(F)cc1. The van der Waals surface area contributed by atoms with Crippen molar-refractivity contribution in [2.24, 2.45) is 11.8 Å². The van der Waals surface area contributed by atoms with E-state index in [1.807, 2.05) is 30.3 Å². The van der Waals surface area contributed by atoms with Gasteiger partial charge in [0.25, 0.3) is 0 Å². The van der Waals surface area contributed by atoms with Gasteiger partial charge in [-0.1, -0.05) is 42.5 Å². The van der Waals surface area contributed by atoms with Crippen LogP contribution in [0.4, 0.5) is 30.7 Å². The van der Waals surface area contributed by atoms with Gasteiger partial charge in [-0.25, -0.2) is 4.39 Å². The van der Waals surface area contributed by atoms with Crippen LogP contribution in [0.15, 0.2) is 72.8 Å². The molecule has 0 aliphatic carbocycles. The number of alkyl halides is 6. The van der Waals surface area contributed by atoms with Crippen LogP contribution in [0, 0.1) is 17.7 Å². The summed E-state index contributed by atoms with van der Waals surface area (Å²) in [4.78, 5) is 17.4. The van der Waals surface area contributed by atoms with E-state index < -0.39 is 47.7 Å². The Kier molecular flexibility index (Phi) is 7.65. The number of halogens is 7. The summed E-state index contributed by atoms with van der Waals surface area (Å²) in [5.41, 5.74) is -1.44. The second kappa shape index (κ2) is 10.9. The average molecular weight is 565 g/mol. The molecule has 3 atom stereocenters. The van der Waals surface area contributed by atoms with Crippen molar-refractivity contribution in [1.82, 2.24) is 9.80 Å². The van der Waals surface area contributed by atoms with E-state index >= 15 is 0 Å². The van der Waals surface area contributed by atoms with Gasteiger partial charge < -0.3 is 4.90 Å². The maximum atomic E-state index is 13.8. The smallest absolute Gasteiger partial charge is 0.335 e. The van der Waals surface area contributed by atoms with Gasteiger partial charge in [0.05, 0.1) is 23.6 Å². The zero-order chi connectivity index (χ0) is 28.7. The summed E-state index contributed by atoms with van der Waals surface area (Å²) >= 11 is 0. The van der Waals surface area contributed by atoms with Crippen molar-refractivity contribution in [3.05, 3.63) is 106 Å². The van der Waals surface area contributed by atoms with Crippen molar-refractivity contribution in [1.29, 1.82) is 0 Å². The molecular weight excluding hydrogens is 537 g/mol. The minimum Gasteiger partial charge on any atom is -0.335 e. The van der Waals surface area contributed by atoms with Crippen LogP contribution in [0.5, 0.6) is 0 Å². The van der Waals surface area contributed by atoms with E-state index in [1.54, 1.807) is 17.0 Å². The molecule has 2 aliphatic heterocycles. The number of rotatable bonds is 5. The number of fused-ring (bicyclic) bond motifs is 1. The standard InChI is InChI=1S/C30H27F7N2O/c31-25-8-6-21(7-9-25)28-26-18-38(16-19-4-2-1-3-5-19)17-22(26)10-11-39(28)27(40)14-20-12-23(29(32,33)34)15-24(13-20)30(35,36)37/h1-9,12-13,15,22,26,28H,10-11,14,16-18H2/t22?,26-,28?/m1/s1. The largest absolute Gasteiger partial charge is 0.416 e. The van der Waals surface area contributed by atoms with E-state index in [4.69, 9.17) is 0 Å². The average Bonchev–Trinajstić information content (AvgIpc) is 3.30. The van der Waals surface area contributed by atoms with E-state index in [9.17, 15) is 35.5 Å². The first-order valence-corrected chi connectivity index (χ1v) is 13.0. The molecule has 2 saturated heterocycles. The highest BCUT2D eigenvalue weighted by Gasteiger charge is 2.46. The molecule has 0 N–H and O–H groups in total. The molecule has 0 spiro atoms. The van der Waals surface area contributed by atoms with E-state index in [1.165, 1.54) is 12.1 Å². The molecule has 5 rings (SSSR count). The van der Waals surface area contributed by atoms with Crippen LogP contribution < -0.4 is 0 Å². The third kappa shape index (κ3) is 6.16. The number of hydrogen-bond donors (Lipinski definition) is 0. The van der Waals surface area contributed by atoms with Crippen molar-refractivity contribution < 1.29 is 35.5 Å². The van der Waals surface area contributed by atoms with Gasteiger partial charge >= 0.3 is 12.4 Å². The maximum absolute atomic E-state index is 13.8. The van der Waals surface area contributed by atoms with Crippen LogP contribution in [-0.4, -0.2) is 35.3 Å². The molecular formula is C30H27F7N2O. The molecule has 0 bridgehead atoms. The molecule has 10 heteroatoms. The van der Waals surface area contributed by atoms with Crippen LogP contribution in [0.25, 0.3) is 0 Å². The fraction of sp³-hybridized carbons (Fsp3) is 0.367. The highest BCUT2D eigenvalue weighted by atomic mass is 19.4. The van der Waals surface area contributed by atoms with E-state index in [-0.39, 0.29) is 23.5 Å². The Balaban J connectivity index is 1.43. The van der Waals surface area contributed by atoms with Crippen molar-refractivity contribution in [2.75, 3.05) is 19.6 Å². The van der Waals surface area contributed by atoms with E-state index in [0.29, 0.717) is 43.8 Å². The number of carbonyl (C=O) groups excluding carboxylic acids is 1. The number of benzene rings is 3. The maximum Gasteiger partial charge on any atom is 0.416 e. The van der Waals surface area contributed by atoms with Crippen LogP contribution in [0.1, 0.15) is 40.3 Å². The molecule has 2 fully saturated rings. The van der Waals surface area contributed by atoms with Gasteiger partial charge in [-0.15, -0.1) is 0 Å². The number of amides is 1. The number of nitrogens with zero attached hydrogens (tertiary/aromatic N) is 2. The quantitative estimate of drug-likeness (QED) is 0.308. The Labute approximate surface area is 227 Å². The number of likely N-dealkylation sites (tertiary alicyclic amines) is 2. The third-order valence-electron chi connectivity index (χ3n) is 7.83. The van der Waals surface area contributed by atoms with Gasteiger partial charge in [0.1, 0.15) is 5.82 Å². The van der Waals surface area contributed by atoms with Crippen molar-refractivity contribution in [3.8, 4) is 0 Å². The summed E-state index contributed by atoms with van der Waals surface area (Å²) in [7, 11) is 0. The summed E-state index contributed by atoms with van der Waals surface area (Å²) < 4.78 is 94.1. The Morgan fingerprint density at radius 2 is 1.43 bits per heavy atom. The Bertz CT molecular complexity index is 1310. The molecule has 2 aliphatic rings. The van der Waals surface area contributed by atoms with E-state index in [2.05, 4.69) is 4.90 Å². The molecule has 212 valence electrons. The minimum absolute atomic E-state index is 0.0286. The molecule has 2 heterocycles. The predicted molar refractivity (Wildman–Crippen MR) is 134 cm³/mol. The number of piperidine rings is 1. The molecule has 3 nitrogen and oxygen atoms in total. The van der Waals surface area contributed by atoms with Gasteiger partial charge in [0.15, 0.2) is 0 Å². The molecule has 0 radical (unpaired) electrons. The molecule has 3 aromatic rings. The fourth-order valence-electron chi connectivity index (χ4n) is 6.06. The summed E-state index contributed by atoms with van der Waals surface area (Å²) in [6.07, 6.45) is -9.97. The van der Waals surface area contributed by atoms with Crippen LogP contribution >= 0.6 is 0 Å². The summed E-state index contributed by atoms with van der Waals surface area (Å²) in [6.45, 7) is 2.45. The van der Waals surface area contributed by atoms with E-state index in [0.717, 1.165) is 12.1 Å². The van der Waals surface area contributed by atoms with Gasteiger partial charge in [0, 0.05) is 32.1 Å². The lowest BCUT2D eigenvalue weighted by Crippen LogP contribution is -2.46. The first-order chi connectivity index (χ1) is 18.9. The Morgan fingerprint density at radius 3 is 2.02 bits per heavy atom. The van der Waals surface area contributed by atoms with Crippen molar-refractivity contribution in [3.63, 3.8) is 0 Å². The highest BCUT2D eigenvalue weighted by Crippen LogP contribution is 2.44. The van der Waals surface area contributed by atoms with Gasteiger partial charge in [-0.05, 0) is 59.4 Å². The lowest BCUT2D eigenvalue weighted by atomic mass is 9.78. The third-order valence-corrected chi connectivity index (χ3v) is 7.83. The topological polar surface area (TPSA) is 23.6 Å². The fourth-order valence-corrected chi connectivity index (χ4v) is 6.06. The zero-order valence-electron chi connectivity index (χ0n) is 21.4. The van der Waals surface area contributed by atoms with Crippen LogP contribution in [-0.2, 0) is 30.1 Å². The molecule has 40 heavy (non-hydrogen) atoms. The van der Waals surface area contributed by atoms with Gasteiger partial charge in [-0.3, -0.25) is 9.69 Å². The molecule has 0 saturated carbocycles. The summed E-state index contributed by atoms with van der Waals surface area (Å²) in [6, 6.07) is 16.4. The van der Waals surface area contributed by atoms with Crippen molar-refractivity contribution in [2.45, 2.75) is 37.8 Å². The second-order valence-electron chi connectivity index (χ2n) is 10.6. The monoisotopic (exact) mass is 564 g/mol. The highest BCUT2D eigenvalue weighted by molar-refractivity contribution is 5.79. The summed E-state index contributed by atoms with van der Waals surface area (Å²) in [5, 5.41) is 0. The molecule has 0 aromatic heterocycles. The lowest BCUT2D eigenvalue weighted by Gasteiger charge is -2.43. The molecule has 2 unspecified atom stereocenters. The first-order valence-electron chi connectivity index (χ1n) is 13.0. The minimum atomic E-state index is -5.00. The zero-order valence-corrected chi connectivity index (χ0v) is 21.4. The molecule has 1 amide bonds.